The van der Waals surface area contributed by atoms with E-state index in [2.05, 4.69) is 22.6 Å². The van der Waals surface area contributed by atoms with Gasteiger partial charge < -0.3 is 0 Å². The van der Waals surface area contributed by atoms with E-state index in [-0.39, 0.29) is 5.78 Å². The zero-order valence-electron chi connectivity index (χ0n) is 7.98. The van der Waals surface area contributed by atoms with Gasteiger partial charge in [-0.3, -0.25) is 4.79 Å². The summed E-state index contributed by atoms with van der Waals surface area (Å²) in [5, 5.41) is 0. The minimum Gasteiger partial charge on any atom is -0.289 e. The molecule has 2 heteroatoms. The standard InChI is InChI=1S/C13H9IO/c14-12-8-4-7-11(9-12)13(15)10-5-2-1-3-6-10/h1-9H. The minimum absolute atomic E-state index is 0.0779. The lowest BCUT2D eigenvalue weighted by Crippen LogP contribution is -2.00. The van der Waals surface area contributed by atoms with Crippen molar-refractivity contribution in [2.24, 2.45) is 0 Å². The van der Waals surface area contributed by atoms with Crippen LogP contribution in [0.5, 0.6) is 0 Å². The van der Waals surface area contributed by atoms with Gasteiger partial charge in [-0.2, -0.15) is 0 Å². The summed E-state index contributed by atoms with van der Waals surface area (Å²) in [6.45, 7) is 0. The molecule has 0 spiro atoms. The van der Waals surface area contributed by atoms with Crippen LogP contribution >= 0.6 is 22.6 Å². The molecule has 0 aliphatic rings. The van der Waals surface area contributed by atoms with Crippen molar-refractivity contribution in [2.45, 2.75) is 0 Å². The van der Waals surface area contributed by atoms with Crippen molar-refractivity contribution in [1.29, 1.82) is 0 Å². The monoisotopic (exact) mass is 308 g/mol. The summed E-state index contributed by atoms with van der Waals surface area (Å²) in [5.41, 5.74) is 1.48. The lowest BCUT2D eigenvalue weighted by atomic mass is 10.0. The molecule has 0 bridgehead atoms. The van der Waals surface area contributed by atoms with Crippen molar-refractivity contribution in [3.8, 4) is 0 Å². The first-order valence-corrected chi connectivity index (χ1v) is 5.70. The first kappa shape index (κ1) is 10.4. The fraction of sp³-hybridized carbons (Fsp3) is 0. The highest BCUT2D eigenvalue weighted by molar-refractivity contribution is 14.1. The van der Waals surface area contributed by atoms with Crippen LogP contribution in [0.15, 0.2) is 54.6 Å². The number of hydrogen-bond acceptors (Lipinski definition) is 1. The molecule has 15 heavy (non-hydrogen) atoms. The highest BCUT2D eigenvalue weighted by atomic mass is 127. The molecular formula is C13H9IO. The molecule has 0 atom stereocenters. The quantitative estimate of drug-likeness (QED) is 0.613. The third-order valence-corrected chi connectivity index (χ3v) is 2.79. The molecule has 1 nitrogen and oxygen atoms in total. The lowest BCUT2D eigenvalue weighted by molar-refractivity contribution is 0.103. The van der Waals surface area contributed by atoms with E-state index in [1.807, 2.05) is 54.6 Å². The summed E-state index contributed by atoms with van der Waals surface area (Å²) in [5.74, 6) is 0.0779. The Hall–Kier alpha value is -1.16. The largest absolute Gasteiger partial charge is 0.289 e. The first-order chi connectivity index (χ1) is 7.27. The summed E-state index contributed by atoms with van der Waals surface area (Å²) in [6, 6.07) is 17.0. The van der Waals surface area contributed by atoms with E-state index in [4.69, 9.17) is 0 Å². The fourth-order valence-corrected chi connectivity index (χ4v) is 1.93. The average Bonchev–Trinajstić information content (AvgIpc) is 2.29. The highest BCUT2D eigenvalue weighted by Gasteiger charge is 2.07. The third kappa shape index (κ3) is 2.45. The van der Waals surface area contributed by atoms with Gasteiger partial charge in [-0.25, -0.2) is 0 Å². The molecule has 0 radical (unpaired) electrons. The van der Waals surface area contributed by atoms with Crippen molar-refractivity contribution in [3.05, 3.63) is 69.3 Å². The van der Waals surface area contributed by atoms with Crippen molar-refractivity contribution >= 4 is 28.4 Å². The van der Waals surface area contributed by atoms with Crippen LogP contribution in [0.3, 0.4) is 0 Å². The number of hydrogen-bond donors (Lipinski definition) is 0. The number of benzene rings is 2. The van der Waals surface area contributed by atoms with Gasteiger partial charge in [0.15, 0.2) is 5.78 Å². The van der Waals surface area contributed by atoms with Gasteiger partial charge in [0.1, 0.15) is 0 Å². The molecule has 0 fully saturated rings. The van der Waals surface area contributed by atoms with Gasteiger partial charge in [0.25, 0.3) is 0 Å². The normalized spacial score (nSPS) is 9.93. The average molecular weight is 308 g/mol. The molecular weight excluding hydrogens is 299 g/mol. The number of halogens is 1. The first-order valence-electron chi connectivity index (χ1n) is 4.63. The van der Waals surface area contributed by atoms with Gasteiger partial charge in [-0.15, -0.1) is 0 Å². The summed E-state index contributed by atoms with van der Waals surface area (Å²) in [7, 11) is 0. The molecule has 2 rings (SSSR count). The van der Waals surface area contributed by atoms with E-state index in [9.17, 15) is 4.79 Å². The zero-order chi connectivity index (χ0) is 10.7. The second-order valence-electron chi connectivity index (χ2n) is 3.21. The summed E-state index contributed by atoms with van der Waals surface area (Å²) in [6.07, 6.45) is 0. The number of rotatable bonds is 2. The molecule has 0 saturated heterocycles. The molecule has 0 saturated carbocycles. The topological polar surface area (TPSA) is 17.1 Å². The maximum Gasteiger partial charge on any atom is 0.193 e. The van der Waals surface area contributed by atoms with E-state index in [1.54, 1.807) is 0 Å². The van der Waals surface area contributed by atoms with Gasteiger partial charge in [-0.05, 0) is 34.7 Å². The van der Waals surface area contributed by atoms with Crippen LogP contribution in [-0.4, -0.2) is 5.78 Å². The van der Waals surface area contributed by atoms with Crippen molar-refractivity contribution in [2.75, 3.05) is 0 Å². The molecule has 74 valence electrons. The third-order valence-electron chi connectivity index (χ3n) is 2.12. The van der Waals surface area contributed by atoms with Crippen LogP contribution in [0, 0.1) is 3.57 Å². The maximum atomic E-state index is 12.0. The lowest BCUT2D eigenvalue weighted by Gasteiger charge is -2.00. The number of carbonyl (C=O) groups excluding carboxylic acids is 1. The summed E-state index contributed by atoms with van der Waals surface area (Å²) >= 11 is 2.21. The van der Waals surface area contributed by atoms with E-state index < -0.39 is 0 Å². The molecule has 0 aliphatic carbocycles. The Bertz CT molecular complexity index is 477. The second kappa shape index (κ2) is 4.57. The molecule has 0 unspecified atom stereocenters. The summed E-state index contributed by atoms with van der Waals surface area (Å²) in [4.78, 5) is 12.0. The Labute approximate surface area is 102 Å². The van der Waals surface area contributed by atoms with Gasteiger partial charge in [0.05, 0.1) is 0 Å². The van der Waals surface area contributed by atoms with Crippen LogP contribution in [0.1, 0.15) is 15.9 Å². The predicted molar refractivity (Wildman–Crippen MR) is 69.0 cm³/mol. The van der Waals surface area contributed by atoms with E-state index >= 15 is 0 Å². The van der Waals surface area contributed by atoms with Crippen LogP contribution in [0.4, 0.5) is 0 Å². The zero-order valence-corrected chi connectivity index (χ0v) is 10.1. The predicted octanol–water partition coefficient (Wildman–Crippen LogP) is 3.52. The van der Waals surface area contributed by atoms with Crippen molar-refractivity contribution in [1.82, 2.24) is 0 Å². The SMILES string of the molecule is O=C(c1ccccc1)c1cccc(I)c1. The minimum atomic E-state index is 0.0779. The van der Waals surface area contributed by atoms with Crippen LogP contribution in [0.25, 0.3) is 0 Å². The fourth-order valence-electron chi connectivity index (χ4n) is 1.39. The molecule has 0 aliphatic heterocycles. The molecule has 0 amide bonds. The van der Waals surface area contributed by atoms with Crippen molar-refractivity contribution < 1.29 is 4.79 Å². The second-order valence-corrected chi connectivity index (χ2v) is 4.45. The van der Waals surface area contributed by atoms with Crippen LogP contribution in [-0.2, 0) is 0 Å². The Kier molecular flexibility index (Phi) is 3.16. The van der Waals surface area contributed by atoms with Gasteiger partial charge in [0.2, 0.25) is 0 Å². The maximum absolute atomic E-state index is 12.0. The molecule has 2 aromatic rings. The molecule has 0 heterocycles. The number of carbonyl (C=O) groups is 1. The van der Waals surface area contributed by atoms with Gasteiger partial charge >= 0.3 is 0 Å². The van der Waals surface area contributed by atoms with E-state index in [1.165, 1.54) is 0 Å². The van der Waals surface area contributed by atoms with Gasteiger partial charge in [-0.1, -0.05) is 42.5 Å². The Balaban J connectivity index is 2.37. The molecule has 2 aromatic carbocycles. The van der Waals surface area contributed by atoms with Crippen LogP contribution < -0.4 is 0 Å². The molecule has 0 aromatic heterocycles. The van der Waals surface area contributed by atoms with Crippen LogP contribution in [0.2, 0.25) is 0 Å². The summed E-state index contributed by atoms with van der Waals surface area (Å²) < 4.78 is 1.08. The van der Waals surface area contributed by atoms with E-state index in [0.717, 1.165) is 14.7 Å². The Morgan fingerprint density at radius 3 is 2.20 bits per heavy atom. The smallest absolute Gasteiger partial charge is 0.193 e. The Morgan fingerprint density at radius 1 is 0.867 bits per heavy atom. The van der Waals surface area contributed by atoms with Gasteiger partial charge in [0, 0.05) is 14.7 Å². The van der Waals surface area contributed by atoms with E-state index in [0.29, 0.717) is 0 Å². The molecule has 0 N–H and O–H groups in total. The highest BCUT2D eigenvalue weighted by Crippen LogP contribution is 2.12. The Morgan fingerprint density at radius 2 is 1.53 bits per heavy atom. The van der Waals surface area contributed by atoms with Crippen molar-refractivity contribution in [3.63, 3.8) is 0 Å². The number of ketones is 1.